The lowest BCUT2D eigenvalue weighted by Crippen LogP contribution is -2.14. The molecule has 0 unspecified atom stereocenters. The molecule has 0 aliphatic heterocycles. The van der Waals surface area contributed by atoms with Gasteiger partial charge in [-0.15, -0.1) is 13.2 Å². The Morgan fingerprint density at radius 3 is 1.23 bits per heavy atom. The molecule has 0 bridgehead atoms. The lowest BCUT2D eigenvalue weighted by Gasteiger charge is -2.23. The third-order valence-corrected chi connectivity index (χ3v) is 8.25. The van der Waals surface area contributed by atoms with E-state index in [0.717, 1.165) is 72.3 Å². The molecular formula is C44H72O8. The molecule has 0 aliphatic rings. The molecule has 2 aromatic carbocycles. The maximum atomic E-state index is 11.9. The average molecular weight is 729 g/mol. The van der Waals surface area contributed by atoms with Gasteiger partial charge in [-0.2, -0.15) is 0 Å². The van der Waals surface area contributed by atoms with E-state index < -0.39 is 0 Å². The quantitative estimate of drug-likeness (QED) is 0.0787. The monoisotopic (exact) mass is 729 g/mol. The summed E-state index contributed by atoms with van der Waals surface area (Å²) in [5.41, 5.74) is 5.34. The summed E-state index contributed by atoms with van der Waals surface area (Å²) < 4.78 is 21.2. The second kappa shape index (κ2) is 26.4. The van der Waals surface area contributed by atoms with Gasteiger partial charge < -0.3 is 29.2 Å². The van der Waals surface area contributed by atoms with Gasteiger partial charge in [-0.05, 0) is 72.6 Å². The van der Waals surface area contributed by atoms with Crippen LogP contribution in [0.4, 0.5) is 0 Å². The van der Waals surface area contributed by atoms with Crippen molar-refractivity contribution in [2.45, 2.75) is 144 Å². The van der Waals surface area contributed by atoms with Gasteiger partial charge in [-0.25, -0.2) is 0 Å². The number of rotatable bonds is 20. The van der Waals surface area contributed by atoms with Crippen LogP contribution in [0.15, 0.2) is 37.4 Å². The first-order chi connectivity index (χ1) is 24.5. The molecule has 2 rings (SSSR count). The fourth-order valence-electron chi connectivity index (χ4n) is 5.39. The van der Waals surface area contributed by atoms with Gasteiger partial charge in [-0.1, -0.05) is 116 Å². The number of hydrogen-bond acceptors (Lipinski definition) is 8. The Hall–Kier alpha value is -3.36. The van der Waals surface area contributed by atoms with Crippen LogP contribution in [0.3, 0.4) is 0 Å². The van der Waals surface area contributed by atoms with Crippen molar-refractivity contribution in [2.75, 3.05) is 39.6 Å². The van der Waals surface area contributed by atoms with Crippen molar-refractivity contribution in [3.8, 4) is 11.5 Å². The van der Waals surface area contributed by atoms with E-state index in [2.05, 4.69) is 68.5 Å². The summed E-state index contributed by atoms with van der Waals surface area (Å²) in [6, 6.07) is 7.89. The van der Waals surface area contributed by atoms with Crippen LogP contribution in [-0.2, 0) is 52.2 Å². The predicted octanol–water partition coefficient (Wildman–Crippen LogP) is 10.2. The standard InChI is InChI=1S/2C21H34O4.C2H4/c2*1-6-7-8-11-24-12-13-25-19(22)10-9-17-14-16(2)15-18(20(17)23)21(3,4)5;1-2/h2*14-15,23H,6-13H2,1-5H3;1-2H2. The number of esters is 2. The lowest BCUT2D eigenvalue weighted by molar-refractivity contribution is -0.146. The van der Waals surface area contributed by atoms with Crippen molar-refractivity contribution in [3.05, 3.63) is 70.8 Å². The van der Waals surface area contributed by atoms with E-state index in [1.807, 2.05) is 38.1 Å². The summed E-state index contributed by atoms with van der Waals surface area (Å²) in [4.78, 5) is 23.7. The summed E-state index contributed by atoms with van der Waals surface area (Å²) in [6.45, 7) is 29.6. The molecule has 0 heterocycles. The fraction of sp³-hybridized carbons (Fsp3) is 0.636. The number of unbranched alkanes of at least 4 members (excludes halogenated alkanes) is 4. The normalized spacial score (nSPS) is 11.2. The zero-order chi connectivity index (χ0) is 39.7. The maximum Gasteiger partial charge on any atom is 0.306 e. The molecule has 296 valence electrons. The Labute approximate surface area is 316 Å². The lowest BCUT2D eigenvalue weighted by atomic mass is 9.83. The van der Waals surface area contributed by atoms with Crippen LogP contribution in [0.25, 0.3) is 0 Å². The Balaban J connectivity index is 0.000000955. The predicted molar refractivity (Wildman–Crippen MR) is 214 cm³/mol. The zero-order valence-electron chi connectivity index (χ0n) is 34.4. The van der Waals surface area contributed by atoms with Gasteiger partial charge in [0.05, 0.1) is 13.2 Å². The third-order valence-electron chi connectivity index (χ3n) is 8.25. The van der Waals surface area contributed by atoms with Crippen LogP contribution in [0.2, 0.25) is 0 Å². The molecule has 8 nitrogen and oxygen atoms in total. The Morgan fingerprint density at radius 1 is 0.577 bits per heavy atom. The molecule has 0 aromatic heterocycles. The molecule has 0 spiro atoms. The van der Waals surface area contributed by atoms with Crippen molar-refractivity contribution in [1.29, 1.82) is 0 Å². The molecule has 0 atom stereocenters. The number of phenolic OH excluding ortho intramolecular Hbond substituents is 2. The van der Waals surface area contributed by atoms with Crippen LogP contribution in [0.1, 0.15) is 140 Å². The Morgan fingerprint density at radius 2 is 0.923 bits per heavy atom. The Kier molecular flexibility index (Phi) is 24.7. The van der Waals surface area contributed by atoms with Crippen molar-refractivity contribution in [1.82, 2.24) is 0 Å². The molecule has 0 radical (unpaired) electrons. The molecule has 2 aromatic rings. The van der Waals surface area contributed by atoms with Gasteiger partial charge >= 0.3 is 11.9 Å². The topological polar surface area (TPSA) is 112 Å². The summed E-state index contributed by atoms with van der Waals surface area (Å²) >= 11 is 0. The molecule has 0 saturated heterocycles. The largest absolute Gasteiger partial charge is 0.507 e. The van der Waals surface area contributed by atoms with Crippen LogP contribution in [0, 0.1) is 13.8 Å². The molecule has 52 heavy (non-hydrogen) atoms. The van der Waals surface area contributed by atoms with E-state index >= 15 is 0 Å². The summed E-state index contributed by atoms with van der Waals surface area (Å²) in [7, 11) is 0. The number of benzene rings is 2. The van der Waals surface area contributed by atoms with Gasteiger partial charge in [-0.3, -0.25) is 9.59 Å². The molecule has 0 amide bonds. The number of carbonyl (C=O) groups excluding carboxylic acids is 2. The first-order valence-corrected chi connectivity index (χ1v) is 19.1. The van der Waals surface area contributed by atoms with Crippen molar-refractivity contribution in [2.24, 2.45) is 0 Å². The average Bonchev–Trinajstić information content (AvgIpc) is 3.08. The van der Waals surface area contributed by atoms with Gasteiger partial charge in [0.1, 0.15) is 24.7 Å². The first-order valence-electron chi connectivity index (χ1n) is 19.1. The number of aromatic hydroxyl groups is 2. The molecule has 8 heteroatoms. The third kappa shape index (κ3) is 20.6. The van der Waals surface area contributed by atoms with E-state index in [4.69, 9.17) is 18.9 Å². The second-order valence-electron chi connectivity index (χ2n) is 15.2. The van der Waals surface area contributed by atoms with Crippen molar-refractivity contribution >= 4 is 11.9 Å². The van der Waals surface area contributed by atoms with Crippen molar-refractivity contribution in [3.63, 3.8) is 0 Å². The van der Waals surface area contributed by atoms with Crippen LogP contribution in [-0.4, -0.2) is 61.8 Å². The number of aryl methyl sites for hydroxylation is 4. The number of ether oxygens (including phenoxy) is 4. The zero-order valence-corrected chi connectivity index (χ0v) is 34.4. The molecular weight excluding hydrogens is 656 g/mol. The highest BCUT2D eigenvalue weighted by Crippen LogP contribution is 2.36. The van der Waals surface area contributed by atoms with Gasteiger partial charge in [0.2, 0.25) is 0 Å². The van der Waals surface area contributed by atoms with E-state index in [1.165, 1.54) is 12.8 Å². The maximum absolute atomic E-state index is 11.9. The minimum Gasteiger partial charge on any atom is -0.507 e. The summed E-state index contributed by atoms with van der Waals surface area (Å²) in [6.07, 6.45) is 8.24. The van der Waals surface area contributed by atoms with Crippen LogP contribution in [0.5, 0.6) is 11.5 Å². The molecule has 0 saturated carbocycles. The fourth-order valence-corrected chi connectivity index (χ4v) is 5.39. The SMILES string of the molecule is C=C.CCCCCOCCOC(=O)CCc1cc(C)cc(C(C)(C)C)c1O.CCCCCOCCOC(=O)CCc1cc(C)cc(C(C)(C)C)c1O. The highest BCUT2D eigenvalue weighted by Gasteiger charge is 2.22. The second-order valence-corrected chi connectivity index (χ2v) is 15.2. The minimum atomic E-state index is -0.254. The van der Waals surface area contributed by atoms with E-state index in [-0.39, 0.29) is 48.8 Å². The summed E-state index contributed by atoms with van der Waals surface area (Å²) in [5, 5.41) is 21.0. The number of carbonyl (C=O) groups is 2. The highest BCUT2D eigenvalue weighted by atomic mass is 16.6. The van der Waals surface area contributed by atoms with Crippen molar-refractivity contribution < 1.29 is 38.7 Å². The Bertz CT molecular complexity index is 1200. The molecule has 0 aliphatic carbocycles. The molecule has 0 fully saturated rings. The van der Waals surface area contributed by atoms with Gasteiger partial charge in [0, 0.05) is 26.1 Å². The smallest absolute Gasteiger partial charge is 0.306 e. The van der Waals surface area contributed by atoms with E-state index in [1.54, 1.807) is 0 Å². The van der Waals surface area contributed by atoms with Gasteiger partial charge in [0.15, 0.2) is 0 Å². The van der Waals surface area contributed by atoms with E-state index in [0.29, 0.717) is 37.6 Å². The first kappa shape index (κ1) is 48.6. The van der Waals surface area contributed by atoms with Crippen LogP contribution >= 0.6 is 0 Å². The number of phenols is 2. The van der Waals surface area contributed by atoms with Crippen LogP contribution < -0.4 is 0 Å². The number of hydrogen-bond donors (Lipinski definition) is 2. The van der Waals surface area contributed by atoms with Gasteiger partial charge in [0.25, 0.3) is 0 Å². The van der Waals surface area contributed by atoms with E-state index in [9.17, 15) is 19.8 Å². The highest BCUT2D eigenvalue weighted by molar-refractivity contribution is 5.70. The summed E-state index contributed by atoms with van der Waals surface area (Å²) in [5.74, 6) is 0.0843. The minimum absolute atomic E-state index is 0.138. The molecule has 2 N–H and O–H groups in total.